The van der Waals surface area contributed by atoms with Crippen molar-refractivity contribution in [1.82, 2.24) is 5.32 Å². The number of aliphatic carboxylic acids is 1. The summed E-state index contributed by atoms with van der Waals surface area (Å²) >= 11 is 0. The summed E-state index contributed by atoms with van der Waals surface area (Å²) in [5.41, 5.74) is 1.59. The van der Waals surface area contributed by atoms with Crippen molar-refractivity contribution in [1.29, 1.82) is 0 Å². The largest absolute Gasteiger partial charge is 0.481 e. The second kappa shape index (κ2) is 8.92. The summed E-state index contributed by atoms with van der Waals surface area (Å²) in [5, 5.41) is 14.0. The quantitative estimate of drug-likeness (QED) is 0.634. The van der Waals surface area contributed by atoms with Crippen molar-refractivity contribution in [3.8, 4) is 0 Å². The van der Waals surface area contributed by atoms with Crippen LogP contribution >= 0.6 is 0 Å². The van der Waals surface area contributed by atoms with Gasteiger partial charge in [-0.25, -0.2) is 4.79 Å². The van der Waals surface area contributed by atoms with E-state index in [1.807, 2.05) is 6.92 Å². The van der Waals surface area contributed by atoms with E-state index in [2.05, 4.69) is 10.6 Å². The first kappa shape index (κ1) is 16.0. The van der Waals surface area contributed by atoms with Gasteiger partial charge >= 0.3 is 12.0 Å². The molecule has 0 aliphatic carbocycles. The maximum Gasteiger partial charge on any atom is 0.319 e. The van der Waals surface area contributed by atoms with Crippen molar-refractivity contribution in [2.75, 3.05) is 25.1 Å². The van der Waals surface area contributed by atoms with Gasteiger partial charge in [-0.15, -0.1) is 0 Å². The molecule has 6 heteroatoms. The molecule has 0 fully saturated rings. The molecule has 0 unspecified atom stereocenters. The van der Waals surface area contributed by atoms with E-state index < -0.39 is 5.97 Å². The highest BCUT2D eigenvalue weighted by atomic mass is 16.5. The topological polar surface area (TPSA) is 87.7 Å². The monoisotopic (exact) mass is 280 g/mol. The molecule has 1 aromatic carbocycles. The summed E-state index contributed by atoms with van der Waals surface area (Å²) < 4.78 is 5.11. The second-order valence-electron chi connectivity index (χ2n) is 4.17. The molecule has 0 aromatic heterocycles. The highest BCUT2D eigenvalue weighted by Crippen LogP contribution is 2.10. The summed E-state index contributed by atoms with van der Waals surface area (Å²) in [4.78, 5) is 22.0. The fourth-order valence-corrected chi connectivity index (χ4v) is 1.56. The van der Waals surface area contributed by atoms with Gasteiger partial charge in [0.15, 0.2) is 0 Å². The highest BCUT2D eigenvalue weighted by Gasteiger charge is 2.02. The summed E-state index contributed by atoms with van der Waals surface area (Å²) in [5.74, 6) is -0.819. The Bertz CT molecular complexity index is 431. The Morgan fingerprint density at radius 2 is 1.95 bits per heavy atom. The number of nitrogens with one attached hydrogen (secondary N) is 2. The van der Waals surface area contributed by atoms with Crippen molar-refractivity contribution < 1.29 is 19.4 Å². The third-order valence-electron chi connectivity index (χ3n) is 2.58. The molecule has 6 nitrogen and oxygen atoms in total. The molecule has 1 aromatic rings. The predicted molar refractivity (Wildman–Crippen MR) is 75.9 cm³/mol. The van der Waals surface area contributed by atoms with Crippen LogP contribution in [0.1, 0.15) is 18.9 Å². The number of carboxylic acid groups (broad SMARTS) is 1. The molecule has 0 heterocycles. The maximum absolute atomic E-state index is 11.5. The van der Waals surface area contributed by atoms with Crippen LogP contribution in [0.2, 0.25) is 0 Å². The van der Waals surface area contributed by atoms with Crippen LogP contribution in [-0.2, 0) is 16.0 Å². The van der Waals surface area contributed by atoms with Crippen molar-refractivity contribution >= 4 is 17.7 Å². The maximum atomic E-state index is 11.5. The zero-order valence-electron chi connectivity index (χ0n) is 11.5. The van der Waals surface area contributed by atoms with Gasteiger partial charge in [0.05, 0.1) is 6.61 Å². The number of urea groups is 1. The zero-order chi connectivity index (χ0) is 14.8. The fraction of sp³-hybridized carbons (Fsp3) is 0.429. The van der Waals surface area contributed by atoms with Gasteiger partial charge in [0, 0.05) is 25.3 Å². The van der Waals surface area contributed by atoms with Gasteiger partial charge in [0.25, 0.3) is 0 Å². The van der Waals surface area contributed by atoms with E-state index >= 15 is 0 Å². The van der Waals surface area contributed by atoms with E-state index in [-0.39, 0.29) is 12.5 Å². The van der Waals surface area contributed by atoms with E-state index in [4.69, 9.17) is 9.84 Å². The third kappa shape index (κ3) is 6.75. The van der Waals surface area contributed by atoms with Crippen LogP contribution in [0.5, 0.6) is 0 Å². The molecule has 20 heavy (non-hydrogen) atoms. The predicted octanol–water partition coefficient (Wildman–Crippen LogP) is 1.86. The van der Waals surface area contributed by atoms with Crippen molar-refractivity contribution in [3.05, 3.63) is 29.8 Å². The van der Waals surface area contributed by atoms with Crippen LogP contribution in [0, 0.1) is 0 Å². The number of amides is 2. The van der Waals surface area contributed by atoms with Crippen LogP contribution in [0.3, 0.4) is 0 Å². The lowest BCUT2D eigenvalue weighted by Gasteiger charge is -2.08. The number of hydrogen-bond acceptors (Lipinski definition) is 3. The Kier molecular flexibility index (Phi) is 7.13. The van der Waals surface area contributed by atoms with Gasteiger partial charge in [-0.2, -0.15) is 0 Å². The Labute approximate surface area is 118 Å². The molecule has 0 aliphatic heterocycles. The normalized spacial score (nSPS) is 10.1. The van der Waals surface area contributed by atoms with Gasteiger partial charge < -0.3 is 20.5 Å². The number of rotatable bonds is 8. The van der Waals surface area contributed by atoms with Gasteiger partial charge in [0.1, 0.15) is 0 Å². The van der Waals surface area contributed by atoms with Gasteiger partial charge in [-0.05, 0) is 31.0 Å². The van der Waals surface area contributed by atoms with E-state index in [1.54, 1.807) is 24.3 Å². The number of anilines is 1. The first-order valence-corrected chi connectivity index (χ1v) is 6.55. The molecule has 1 rings (SSSR count). The van der Waals surface area contributed by atoms with Crippen LogP contribution < -0.4 is 10.6 Å². The van der Waals surface area contributed by atoms with Crippen LogP contribution in [0.15, 0.2) is 24.3 Å². The molecular weight excluding hydrogens is 260 g/mol. The minimum Gasteiger partial charge on any atom is -0.481 e. The Hall–Kier alpha value is -2.08. The summed E-state index contributed by atoms with van der Waals surface area (Å²) in [6, 6.07) is 6.82. The van der Waals surface area contributed by atoms with Crippen LogP contribution in [0.25, 0.3) is 0 Å². The lowest BCUT2D eigenvalue weighted by molar-refractivity contribution is -0.136. The number of hydrogen-bond donors (Lipinski definition) is 3. The molecule has 0 radical (unpaired) electrons. The first-order valence-electron chi connectivity index (χ1n) is 6.55. The molecule has 0 atom stereocenters. The Morgan fingerprint density at radius 3 is 2.55 bits per heavy atom. The van der Waals surface area contributed by atoms with E-state index in [0.29, 0.717) is 31.9 Å². The van der Waals surface area contributed by atoms with Gasteiger partial charge in [-0.1, -0.05) is 12.1 Å². The zero-order valence-corrected chi connectivity index (χ0v) is 11.5. The highest BCUT2D eigenvalue weighted by molar-refractivity contribution is 5.89. The van der Waals surface area contributed by atoms with Crippen LogP contribution in [0.4, 0.5) is 10.5 Å². The molecule has 110 valence electrons. The molecule has 0 saturated carbocycles. The number of carboxylic acids is 1. The minimum atomic E-state index is -0.819. The van der Waals surface area contributed by atoms with E-state index in [0.717, 1.165) is 5.56 Å². The summed E-state index contributed by atoms with van der Waals surface area (Å²) in [6.07, 6.45) is 0.584. The lowest BCUT2D eigenvalue weighted by Crippen LogP contribution is -2.31. The number of aryl methyl sites for hydroxylation is 1. The SMILES string of the molecule is CCOCCNC(=O)Nc1ccc(CCC(=O)O)cc1. The fourth-order valence-electron chi connectivity index (χ4n) is 1.56. The average Bonchev–Trinajstić information content (AvgIpc) is 2.43. The van der Waals surface area contributed by atoms with Gasteiger partial charge in [-0.3, -0.25) is 4.79 Å². The van der Waals surface area contributed by atoms with E-state index in [9.17, 15) is 9.59 Å². The number of carbonyl (C=O) groups is 2. The summed E-state index contributed by atoms with van der Waals surface area (Å²) in [7, 11) is 0. The standard InChI is InChI=1S/C14H20N2O4/c1-2-20-10-9-15-14(19)16-12-6-3-11(4-7-12)5-8-13(17)18/h3-4,6-7H,2,5,8-10H2,1H3,(H,17,18)(H2,15,16,19). The number of carbonyl (C=O) groups excluding carboxylic acids is 1. The van der Waals surface area contributed by atoms with Crippen molar-refractivity contribution in [2.24, 2.45) is 0 Å². The molecule has 3 N–H and O–H groups in total. The smallest absolute Gasteiger partial charge is 0.319 e. The van der Waals surface area contributed by atoms with Crippen molar-refractivity contribution in [2.45, 2.75) is 19.8 Å². The second-order valence-corrected chi connectivity index (χ2v) is 4.17. The molecule has 0 aliphatic rings. The Morgan fingerprint density at radius 1 is 1.25 bits per heavy atom. The van der Waals surface area contributed by atoms with Crippen molar-refractivity contribution in [3.63, 3.8) is 0 Å². The molecule has 2 amide bonds. The molecule has 0 spiro atoms. The number of ether oxygens (including phenoxy) is 1. The molecule has 0 saturated heterocycles. The average molecular weight is 280 g/mol. The Balaban J connectivity index is 2.33. The minimum absolute atomic E-state index is 0.102. The van der Waals surface area contributed by atoms with Crippen LogP contribution in [-0.4, -0.2) is 36.9 Å². The van der Waals surface area contributed by atoms with E-state index in [1.165, 1.54) is 0 Å². The number of benzene rings is 1. The lowest BCUT2D eigenvalue weighted by atomic mass is 10.1. The first-order chi connectivity index (χ1) is 9.61. The van der Waals surface area contributed by atoms with Gasteiger partial charge in [0.2, 0.25) is 0 Å². The summed E-state index contributed by atoms with van der Waals surface area (Å²) in [6.45, 7) is 3.46. The third-order valence-corrected chi connectivity index (χ3v) is 2.58. The molecule has 0 bridgehead atoms. The molecular formula is C14H20N2O4.